The topological polar surface area (TPSA) is 46.6 Å². The van der Waals surface area contributed by atoms with Gasteiger partial charge in [-0.3, -0.25) is 9.69 Å². The van der Waals surface area contributed by atoms with Gasteiger partial charge in [-0.25, -0.2) is 4.79 Å². The van der Waals surface area contributed by atoms with Gasteiger partial charge in [-0.15, -0.1) is 11.3 Å². The summed E-state index contributed by atoms with van der Waals surface area (Å²) in [6.07, 6.45) is 1.13. The molecule has 22 heavy (non-hydrogen) atoms. The van der Waals surface area contributed by atoms with Crippen LogP contribution < -0.4 is 0 Å². The van der Waals surface area contributed by atoms with Gasteiger partial charge >= 0.3 is 6.09 Å². The highest BCUT2D eigenvalue weighted by molar-refractivity contribution is 7.12. The molecule has 0 spiro atoms. The van der Waals surface area contributed by atoms with Crippen molar-refractivity contribution in [3.05, 3.63) is 58.3 Å². The number of hydrogen-bond acceptors (Lipinski definition) is 4. The third-order valence-corrected chi connectivity index (χ3v) is 4.64. The second-order valence-electron chi connectivity index (χ2n) is 5.23. The lowest BCUT2D eigenvalue weighted by atomic mass is 10.1. The van der Waals surface area contributed by atoms with Crippen molar-refractivity contribution in [3.8, 4) is 0 Å². The minimum atomic E-state index is -0.406. The molecule has 5 heteroatoms. The van der Waals surface area contributed by atoms with Crippen molar-refractivity contribution in [3.63, 3.8) is 0 Å². The molecule has 1 fully saturated rings. The maximum absolute atomic E-state index is 12.5. The highest BCUT2D eigenvalue weighted by atomic mass is 32.1. The van der Waals surface area contributed by atoms with Crippen molar-refractivity contribution < 1.29 is 14.3 Å². The number of thiophene rings is 1. The Bertz CT molecular complexity index is 639. The van der Waals surface area contributed by atoms with Crippen LogP contribution in [0.2, 0.25) is 0 Å². The molecule has 1 aliphatic heterocycles. The smallest absolute Gasteiger partial charge is 0.410 e. The van der Waals surface area contributed by atoms with E-state index in [2.05, 4.69) is 0 Å². The third kappa shape index (κ3) is 3.20. The number of benzene rings is 1. The summed E-state index contributed by atoms with van der Waals surface area (Å²) >= 11 is 1.41. The molecule has 1 aromatic heterocycles. The fourth-order valence-corrected chi connectivity index (χ4v) is 3.36. The first-order chi connectivity index (χ1) is 10.8. The summed E-state index contributed by atoms with van der Waals surface area (Å²) in [4.78, 5) is 27.0. The molecule has 1 saturated heterocycles. The van der Waals surface area contributed by atoms with Crippen LogP contribution >= 0.6 is 11.3 Å². The Morgan fingerprint density at radius 2 is 2.00 bits per heavy atom. The first-order valence-corrected chi connectivity index (χ1v) is 8.19. The molecular formula is C17H17NO3S. The van der Waals surface area contributed by atoms with E-state index in [0.717, 1.165) is 12.0 Å². The Morgan fingerprint density at radius 1 is 1.18 bits per heavy atom. The second kappa shape index (κ2) is 6.75. The highest BCUT2D eigenvalue weighted by Gasteiger charge is 2.35. The molecule has 2 heterocycles. The number of ketones is 1. The number of carbonyl (C=O) groups excluding carboxylic acids is 2. The maximum atomic E-state index is 12.5. The van der Waals surface area contributed by atoms with Crippen LogP contribution in [0.15, 0.2) is 47.8 Å². The lowest BCUT2D eigenvalue weighted by molar-refractivity contribution is 0.0741. The van der Waals surface area contributed by atoms with Gasteiger partial charge in [-0.05, 0) is 29.9 Å². The van der Waals surface area contributed by atoms with Crippen molar-refractivity contribution in [2.24, 2.45) is 0 Å². The van der Waals surface area contributed by atoms with E-state index in [1.54, 1.807) is 11.0 Å². The summed E-state index contributed by atoms with van der Waals surface area (Å²) in [7, 11) is 0. The molecule has 1 atom stereocenters. The van der Waals surface area contributed by atoms with Crippen LogP contribution in [0.1, 0.15) is 28.1 Å². The normalized spacial score (nSPS) is 17.5. The Balaban J connectivity index is 1.62. The Labute approximate surface area is 133 Å². The van der Waals surface area contributed by atoms with Gasteiger partial charge in [-0.2, -0.15) is 0 Å². The van der Waals surface area contributed by atoms with E-state index < -0.39 is 6.09 Å². The number of nitrogens with zero attached hydrogens (tertiary/aromatic N) is 1. The lowest BCUT2D eigenvalue weighted by Crippen LogP contribution is -2.40. The van der Waals surface area contributed by atoms with Gasteiger partial charge in [0.15, 0.2) is 5.78 Å². The van der Waals surface area contributed by atoms with Gasteiger partial charge in [0.2, 0.25) is 0 Å². The van der Waals surface area contributed by atoms with Gasteiger partial charge in [0, 0.05) is 6.54 Å². The van der Waals surface area contributed by atoms with E-state index in [9.17, 15) is 9.59 Å². The van der Waals surface area contributed by atoms with E-state index in [1.165, 1.54) is 11.3 Å². The summed E-state index contributed by atoms with van der Waals surface area (Å²) in [6.45, 7) is 0.811. The minimum absolute atomic E-state index is 0.0177. The van der Waals surface area contributed by atoms with Crippen LogP contribution in [0.3, 0.4) is 0 Å². The van der Waals surface area contributed by atoms with E-state index >= 15 is 0 Å². The number of amides is 1. The van der Waals surface area contributed by atoms with Crippen molar-refractivity contribution in [1.29, 1.82) is 0 Å². The number of likely N-dealkylation sites (tertiary alicyclic amines) is 1. The Morgan fingerprint density at radius 3 is 2.73 bits per heavy atom. The third-order valence-electron chi connectivity index (χ3n) is 3.76. The summed E-state index contributed by atoms with van der Waals surface area (Å²) < 4.78 is 5.35. The Kier molecular flexibility index (Phi) is 4.53. The predicted octanol–water partition coefficient (Wildman–Crippen LogP) is 3.73. The van der Waals surface area contributed by atoms with Crippen molar-refractivity contribution >= 4 is 23.2 Å². The molecular weight excluding hydrogens is 298 g/mol. The van der Waals surface area contributed by atoms with Crippen LogP contribution in [0, 0.1) is 0 Å². The fourth-order valence-electron chi connectivity index (χ4n) is 2.64. The zero-order valence-corrected chi connectivity index (χ0v) is 12.9. The molecule has 0 bridgehead atoms. The van der Waals surface area contributed by atoms with Crippen molar-refractivity contribution in [2.75, 3.05) is 6.54 Å². The largest absolute Gasteiger partial charge is 0.445 e. The van der Waals surface area contributed by atoms with Crippen molar-refractivity contribution in [1.82, 2.24) is 4.90 Å². The summed E-state index contributed by atoms with van der Waals surface area (Å²) in [6, 6.07) is 12.8. The molecule has 4 nitrogen and oxygen atoms in total. The molecule has 0 radical (unpaired) electrons. The zero-order valence-electron chi connectivity index (χ0n) is 12.1. The second-order valence-corrected chi connectivity index (χ2v) is 6.18. The van der Waals surface area contributed by atoms with E-state index in [0.29, 0.717) is 17.8 Å². The maximum Gasteiger partial charge on any atom is 0.410 e. The average molecular weight is 315 g/mol. The first kappa shape index (κ1) is 14.8. The highest BCUT2D eigenvalue weighted by Crippen LogP contribution is 2.24. The number of carbonyl (C=O) groups is 2. The SMILES string of the molecule is O=C(c1cccs1)[C@@H]1CCCN1C(=O)OCc1ccccc1. The van der Waals surface area contributed by atoms with Crippen LogP contribution in [0.25, 0.3) is 0 Å². The molecule has 0 aliphatic carbocycles. The molecule has 0 unspecified atom stereocenters. The molecule has 0 saturated carbocycles. The van der Waals surface area contributed by atoms with E-state index in [1.807, 2.05) is 41.8 Å². The number of rotatable bonds is 4. The first-order valence-electron chi connectivity index (χ1n) is 7.31. The minimum Gasteiger partial charge on any atom is -0.445 e. The molecule has 0 N–H and O–H groups in total. The monoisotopic (exact) mass is 315 g/mol. The van der Waals surface area contributed by atoms with Gasteiger partial charge in [0.1, 0.15) is 6.61 Å². The summed E-state index contributed by atoms with van der Waals surface area (Å²) in [5.41, 5.74) is 0.941. The van der Waals surface area contributed by atoms with Gasteiger partial charge in [-0.1, -0.05) is 36.4 Å². The van der Waals surface area contributed by atoms with Gasteiger partial charge in [0.05, 0.1) is 10.9 Å². The molecule has 114 valence electrons. The fraction of sp³-hybridized carbons (Fsp3) is 0.294. The quantitative estimate of drug-likeness (QED) is 0.808. The predicted molar refractivity (Wildman–Crippen MR) is 85.0 cm³/mol. The molecule has 3 rings (SSSR count). The Hall–Kier alpha value is -2.14. The molecule has 1 amide bonds. The number of ether oxygens (including phenoxy) is 1. The summed E-state index contributed by atoms with van der Waals surface area (Å²) in [5.74, 6) is 0.0177. The summed E-state index contributed by atoms with van der Waals surface area (Å²) in [5, 5.41) is 1.88. The number of hydrogen-bond donors (Lipinski definition) is 0. The molecule has 1 aromatic carbocycles. The van der Waals surface area contributed by atoms with Crippen LogP contribution in [0.4, 0.5) is 4.79 Å². The molecule has 2 aromatic rings. The van der Waals surface area contributed by atoms with Gasteiger partial charge < -0.3 is 4.74 Å². The van der Waals surface area contributed by atoms with Crippen LogP contribution in [0.5, 0.6) is 0 Å². The van der Waals surface area contributed by atoms with Crippen LogP contribution in [-0.4, -0.2) is 29.4 Å². The van der Waals surface area contributed by atoms with Crippen molar-refractivity contribution in [2.45, 2.75) is 25.5 Å². The van der Waals surface area contributed by atoms with E-state index in [-0.39, 0.29) is 18.4 Å². The standard InChI is InChI=1S/C17H17NO3S/c19-16(15-9-5-11-22-15)14-8-4-10-18(14)17(20)21-12-13-6-2-1-3-7-13/h1-3,5-7,9,11,14H,4,8,10,12H2/t14-/m0/s1. The van der Waals surface area contributed by atoms with Crippen LogP contribution in [-0.2, 0) is 11.3 Å². The zero-order chi connectivity index (χ0) is 15.4. The van der Waals surface area contributed by atoms with E-state index in [4.69, 9.17) is 4.74 Å². The lowest BCUT2D eigenvalue weighted by Gasteiger charge is -2.22. The van der Waals surface area contributed by atoms with Gasteiger partial charge in [0.25, 0.3) is 0 Å². The molecule has 1 aliphatic rings. The average Bonchev–Trinajstić information content (AvgIpc) is 3.24. The number of Topliss-reactive ketones (excluding diaryl/α,β-unsaturated/α-hetero) is 1.